The summed E-state index contributed by atoms with van der Waals surface area (Å²) >= 11 is 0. The van der Waals surface area contributed by atoms with Crippen LogP contribution >= 0.6 is 0 Å². The first-order valence-corrected chi connectivity index (χ1v) is 4.81. The molecule has 0 saturated heterocycles. The second-order valence-electron chi connectivity index (χ2n) is 3.26. The van der Waals surface area contributed by atoms with Gasteiger partial charge in [-0.3, -0.25) is 0 Å². The highest BCUT2D eigenvalue weighted by Gasteiger charge is 2.07. The van der Waals surface area contributed by atoms with Crippen molar-refractivity contribution in [3.05, 3.63) is 48.3 Å². The van der Waals surface area contributed by atoms with E-state index in [9.17, 15) is 4.39 Å². The number of allylic oxidation sites excluding steroid dienone is 1. The highest BCUT2D eigenvalue weighted by atomic mass is 19.1. The zero-order valence-electron chi connectivity index (χ0n) is 8.46. The number of rotatable bonds is 5. The summed E-state index contributed by atoms with van der Waals surface area (Å²) in [5.41, 5.74) is 1.12. The fourth-order valence-corrected chi connectivity index (χ4v) is 1.46. The molecule has 14 heavy (non-hydrogen) atoms. The Morgan fingerprint density at radius 2 is 2.07 bits per heavy atom. The second kappa shape index (κ2) is 5.55. The molecule has 1 unspecified atom stereocenters. The molecule has 1 atom stereocenters. The summed E-state index contributed by atoms with van der Waals surface area (Å²) in [4.78, 5) is 0. The molecule has 0 radical (unpaired) electrons. The van der Waals surface area contributed by atoms with Gasteiger partial charge in [-0.2, -0.15) is 0 Å². The zero-order valence-corrected chi connectivity index (χ0v) is 8.46. The highest BCUT2D eigenvalue weighted by Crippen LogP contribution is 2.18. The van der Waals surface area contributed by atoms with E-state index in [1.54, 1.807) is 0 Å². The molecule has 0 aromatic heterocycles. The summed E-state index contributed by atoms with van der Waals surface area (Å²) < 4.78 is 12.7. The Balaban J connectivity index is 2.68. The Kier molecular flexibility index (Phi) is 4.33. The minimum absolute atomic E-state index is 0.188. The molecule has 0 aliphatic rings. The largest absolute Gasteiger partial charge is 0.313 e. The first-order valence-electron chi connectivity index (χ1n) is 4.81. The summed E-state index contributed by atoms with van der Waals surface area (Å²) in [6, 6.07) is 6.91. The molecule has 2 heteroatoms. The third-order valence-corrected chi connectivity index (χ3v) is 2.28. The lowest BCUT2D eigenvalue weighted by Gasteiger charge is -2.15. The van der Waals surface area contributed by atoms with E-state index in [1.807, 2.05) is 25.3 Å². The molecule has 1 aromatic rings. The normalized spacial score (nSPS) is 12.4. The van der Waals surface area contributed by atoms with Crippen LogP contribution in [0.25, 0.3) is 0 Å². The van der Waals surface area contributed by atoms with E-state index in [0.717, 1.165) is 18.4 Å². The van der Waals surface area contributed by atoms with E-state index in [4.69, 9.17) is 0 Å². The summed E-state index contributed by atoms with van der Waals surface area (Å²) in [7, 11) is 1.91. The van der Waals surface area contributed by atoms with Gasteiger partial charge in [-0.25, -0.2) is 4.39 Å². The number of hydrogen-bond acceptors (Lipinski definition) is 1. The van der Waals surface area contributed by atoms with Crippen LogP contribution in [0, 0.1) is 5.82 Å². The van der Waals surface area contributed by atoms with Crippen molar-refractivity contribution in [3.63, 3.8) is 0 Å². The zero-order chi connectivity index (χ0) is 10.4. The fourth-order valence-electron chi connectivity index (χ4n) is 1.46. The molecule has 0 spiro atoms. The predicted octanol–water partition coefficient (Wildman–Crippen LogP) is 3.05. The quantitative estimate of drug-likeness (QED) is 0.709. The molecule has 0 aliphatic carbocycles. The van der Waals surface area contributed by atoms with Crippen molar-refractivity contribution in [2.75, 3.05) is 7.05 Å². The number of benzene rings is 1. The summed E-state index contributed by atoms with van der Waals surface area (Å²) in [5.74, 6) is -0.188. The molecular weight excluding hydrogens is 177 g/mol. The highest BCUT2D eigenvalue weighted by molar-refractivity contribution is 5.19. The summed E-state index contributed by atoms with van der Waals surface area (Å²) in [5, 5.41) is 3.20. The first kappa shape index (κ1) is 10.9. The van der Waals surface area contributed by atoms with Crippen LogP contribution in [0.4, 0.5) is 4.39 Å². The Morgan fingerprint density at radius 3 is 2.57 bits per heavy atom. The lowest BCUT2D eigenvalue weighted by molar-refractivity contribution is 0.552. The molecular formula is C12H16FN. The van der Waals surface area contributed by atoms with Crippen LogP contribution in [0.5, 0.6) is 0 Å². The molecule has 76 valence electrons. The maximum absolute atomic E-state index is 12.7. The Labute approximate surface area is 84.6 Å². The number of halogens is 1. The van der Waals surface area contributed by atoms with Crippen LogP contribution in [0.2, 0.25) is 0 Å². The Morgan fingerprint density at radius 1 is 1.43 bits per heavy atom. The molecule has 0 fully saturated rings. The predicted molar refractivity (Wildman–Crippen MR) is 57.6 cm³/mol. The topological polar surface area (TPSA) is 12.0 Å². The van der Waals surface area contributed by atoms with E-state index in [0.29, 0.717) is 0 Å². The lowest BCUT2D eigenvalue weighted by Crippen LogP contribution is -2.15. The maximum Gasteiger partial charge on any atom is 0.123 e. The molecule has 1 N–H and O–H groups in total. The van der Waals surface area contributed by atoms with Gasteiger partial charge in [-0.15, -0.1) is 6.58 Å². The van der Waals surface area contributed by atoms with Gasteiger partial charge >= 0.3 is 0 Å². The van der Waals surface area contributed by atoms with Gasteiger partial charge in [0, 0.05) is 6.04 Å². The maximum atomic E-state index is 12.7. The second-order valence-corrected chi connectivity index (χ2v) is 3.26. The molecule has 0 bridgehead atoms. The van der Waals surface area contributed by atoms with Crippen molar-refractivity contribution in [3.8, 4) is 0 Å². The standard InChI is InChI=1S/C12H16FN/c1-3-4-5-12(14-2)10-6-8-11(13)9-7-10/h3,6-9,12,14H,1,4-5H2,2H3. The van der Waals surface area contributed by atoms with Crippen LogP contribution in [-0.4, -0.2) is 7.05 Å². The fraction of sp³-hybridized carbons (Fsp3) is 0.333. The van der Waals surface area contributed by atoms with Crippen LogP contribution in [0.15, 0.2) is 36.9 Å². The lowest BCUT2D eigenvalue weighted by atomic mass is 10.0. The minimum atomic E-state index is -0.188. The molecule has 1 aromatic carbocycles. The number of hydrogen-bond donors (Lipinski definition) is 1. The molecule has 0 saturated carbocycles. The minimum Gasteiger partial charge on any atom is -0.313 e. The Bertz CT molecular complexity index is 279. The van der Waals surface area contributed by atoms with Gasteiger partial charge in [-0.05, 0) is 37.6 Å². The molecule has 0 aliphatic heterocycles. The van der Waals surface area contributed by atoms with Crippen molar-refractivity contribution in [1.29, 1.82) is 0 Å². The van der Waals surface area contributed by atoms with Gasteiger partial charge in [0.15, 0.2) is 0 Å². The van der Waals surface area contributed by atoms with E-state index in [2.05, 4.69) is 11.9 Å². The van der Waals surface area contributed by atoms with Gasteiger partial charge in [0.2, 0.25) is 0 Å². The van der Waals surface area contributed by atoms with Gasteiger partial charge in [0.1, 0.15) is 5.82 Å². The summed E-state index contributed by atoms with van der Waals surface area (Å²) in [6.45, 7) is 3.69. The van der Waals surface area contributed by atoms with Crippen LogP contribution in [0.3, 0.4) is 0 Å². The van der Waals surface area contributed by atoms with Crippen molar-refractivity contribution >= 4 is 0 Å². The van der Waals surface area contributed by atoms with Gasteiger partial charge in [0.05, 0.1) is 0 Å². The van der Waals surface area contributed by atoms with Crippen molar-refractivity contribution < 1.29 is 4.39 Å². The number of nitrogens with one attached hydrogen (secondary N) is 1. The summed E-state index contributed by atoms with van der Waals surface area (Å²) in [6.07, 6.45) is 3.85. The molecule has 1 nitrogen and oxygen atoms in total. The van der Waals surface area contributed by atoms with E-state index in [1.165, 1.54) is 12.1 Å². The third kappa shape index (κ3) is 2.96. The molecule has 1 rings (SSSR count). The molecule has 0 heterocycles. The monoisotopic (exact) mass is 193 g/mol. The van der Waals surface area contributed by atoms with Crippen LogP contribution in [-0.2, 0) is 0 Å². The van der Waals surface area contributed by atoms with Gasteiger partial charge < -0.3 is 5.32 Å². The van der Waals surface area contributed by atoms with Crippen molar-refractivity contribution in [2.24, 2.45) is 0 Å². The Hall–Kier alpha value is -1.15. The average Bonchev–Trinajstić information content (AvgIpc) is 2.21. The third-order valence-electron chi connectivity index (χ3n) is 2.28. The van der Waals surface area contributed by atoms with E-state index in [-0.39, 0.29) is 11.9 Å². The van der Waals surface area contributed by atoms with Crippen molar-refractivity contribution in [1.82, 2.24) is 5.32 Å². The van der Waals surface area contributed by atoms with Crippen LogP contribution < -0.4 is 5.32 Å². The molecule has 0 amide bonds. The average molecular weight is 193 g/mol. The first-order chi connectivity index (χ1) is 6.77. The van der Waals surface area contributed by atoms with Crippen LogP contribution in [0.1, 0.15) is 24.4 Å². The smallest absolute Gasteiger partial charge is 0.123 e. The van der Waals surface area contributed by atoms with E-state index >= 15 is 0 Å². The van der Waals surface area contributed by atoms with E-state index < -0.39 is 0 Å². The van der Waals surface area contributed by atoms with Crippen molar-refractivity contribution in [2.45, 2.75) is 18.9 Å². The SMILES string of the molecule is C=CCCC(NC)c1ccc(F)cc1. The van der Waals surface area contributed by atoms with Gasteiger partial charge in [0.25, 0.3) is 0 Å². The van der Waals surface area contributed by atoms with Gasteiger partial charge in [-0.1, -0.05) is 18.2 Å².